The molecular weight excluding hydrogens is 360 g/mol. The first-order chi connectivity index (χ1) is 9.02. The summed E-state index contributed by atoms with van der Waals surface area (Å²) in [5, 5.41) is 3.28. The third-order valence-electron chi connectivity index (χ3n) is 3.87. The minimum absolute atomic E-state index is 0. The highest BCUT2D eigenvalue weighted by atomic mass is 35.5. The van der Waals surface area contributed by atoms with Gasteiger partial charge in [-0.25, -0.2) is 0 Å². The SMILES string of the molecule is Cl.Cl.Cl.NCC(c1ccc(C(F)(F)F)cc1)C1CCNCC1. The maximum Gasteiger partial charge on any atom is 0.416 e. The maximum atomic E-state index is 12.5. The molecule has 1 saturated heterocycles. The standard InChI is InChI=1S/C14H19F3N2.3ClH/c15-14(16,17)12-3-1-10(2-4-12)13(9-18)11-5-7-19-8-6-11;;;/h1-4,11,13,19H,5-9,18H2;3*1H. The molecule has 1 aromatic carbocycles. The molecule has 3 N–H and O–H groups in total. The van der Waals surface area contributed by atoms with Crippen molar-refractivity contribution < 1.29 is 13.2 Å². The van der Waals surface area contributed by atoms with Gasteiger partial charge in [0, 0.05) is 0 Å². The molecule has 1 fully saturated rings. The number of piperidine rings is 1. The lowest BCUT2D eigenvalue weighted by molar-refractivity contribution is -0.137. The second-order valence-corrected chi connectivity index (χ2v) is 5.05. The predicted molar refractivity (Wildman–Crippen MR) is 90.6 cm³/mol. The van der Waals surface area contributed by atoms with E-state index in [1.54, 1.807) is 12.1 Å². The van der Waals surface area contributed by atoms with Gasteiger partial charge in [-0.1, -0.05) is 12.1 Å². The average Bonchev–Trinajstić information content (AvgIpc) is 2.40. The molecule has 1 unspecified atom stereocenters. The Labute approximate surface area is 147 Å². The van der Waals surface area contributed by atoms with E-state index in [0.717, 1.165) is 43.6 Å². The summed E-state index contributed by atoms with van der Waals surface area (Å²) >= 11 is 0. The van der Waals surface area contributed by atoms with Crippen LogP contribution in [0.3, 0.4) is 0 Å². The van der Waals surface area contributed by atoms with Crippen LogP contribution in [0.5, 0.6) is 0 Å². The van der Waals surface area contributed by atoms with Crippen molar-refractivity contribution in [3.8, 4) is 0 Å². The molecule has 1 atom stereocenters. The molecule has 130 valence electrons. The van der Waals surface area contributed by atoms with Crippen LogP contribution in [0.4, 0.5) is 13.2 Å². The molecule has 0 aliphatic carbocycles. The first kappa shape index (κ1) is 24.1. The van der Waals surface area contributed by atoms with Crippen LogP contribution in [0.2, 0.25) is 0 Å². The molecule has 0 spiro atoms. The van der Waals surface area contributed by atoms with E-state index in [-0.39, 0.29) is 43.1 Å². The van der Waals surface area contributed by atoms with Crippen molar-refractivity contribution >= 4 is 37.2 Å². The Kier molecular flexibility index (Phi) is 11.5. The minimum atomic E-state index is -4.27. The number of halogens is 6. The van der Waals surface area contributed by atoms with Gasteiger partial charge >= 0.3 is 6.18 Å². The van der Waals surface area contributed by atoms with E-state index in [9.17, 15) is 13.2 Å². The maximum absolute atomic E-state index is 12.5. The highest BCUT2D eigenvalue weighted by molar-refractivity contribution is 5.86. The fourth-order valence-electron chi connectivity index (χ4n) is 2.77. The van der Waals surface area contributed by atoms with E-state index < -0.39 is 11.7 Å². The third-order valence-corrected chi connectivity index (χ3v) is 3.87. The van der Waals surface area contributed by atoms with Crippen LogP contribution in [-0.4, -0.2) is 19.6 Å². The van der Waals surface area contributed by atoms with Crippen LogP contribution in [0.15, 0.2) is 24.3 Å². The summed E-state index contributed by atoms with van der Waals surface area (Å²) in [6.07, 6.45) is -2.21. The van der Waals surface area contributed by atoms with Crippen LogP contribution < -0.4 is 11.1 Å². The van der Waals surface area contributed by atoms with Gasteiger partial charge in [0.15, 0.2) is 0 Å². The first-order valence-corrected chi connectivity index (χ1v) is 6.60. The van der Waals surface area contributed by atoms with Crippen LogP contribution >= 0.6 is 37.2 Å². The van der Waals surface area contributed by atoms with E-state index in [1.807, 2.05) is 0 Å². The van der Waals surface area contributed by atoms with Gasteiger partial charge in [-0.15, -0.1) is 37.2 Å². The number of nitrogens with two attached hydrogens (primary N) is 1. The monoisotopic (exact) mass is 380 g/mol. The second-order valence-electron chi connectivity index (χ2n) is 5.05. The minimum Gasteiger partial charge on any atom is -0.330 e. The normalized spacial score (nSPS) is 16.7. The molecule has 0 amide bonds. The third kappa shape index (κ3) is 6.13. The van der Waals surface area contributed by atoms with Gasteiger partial charge < -0.3 is 11.1 Å². The van der Waals surface area contributed by atoms with Crippen LogP contribution in [0.25, 0.3) is 0 Å². The molecule has 1 heterocycles. The number of hydrogen-bond donors (Lipinski definition) is 2. The Bertz CT molecular complexity index is 407. The zero-order valence-electron chi connectivity index (χ0n) is 11.9. The van der Waals surface area contributed by atoms with Crippen molar-refractivity contribution in [2.45, 2.75) is 24.9 Å². The number of benzene rings is 1. The van der Waals surface area contributed by atoms with Crippen molar-refractivity contribution in [2.24, 2.45) is 11.7 Å². The molecule has 0 saturated carbocycles. The van der Waals surface area contributed by atoms with Crippen molar-refractivity contribution in [1.82, 2.24) is 5.32 Å². The van der Waals surface area contributed by atoms with E-state index in [0.29, 0.717) is 12.5 Å². The highest BCUT2D eigenvalue weighted by Crippen LogP contribution is 2.33. The summed E-state index contributed by atoms with van der Waals surface area (Å²) in [7, 11) is 0. The average molecular weight is 382 g/mol. The van der Waals surface area contributed by atoms with E-state index in [2.05, 4.69) is 5.32 Å². The zero-order chi connectivity index (χ0) is 13.9. The summed E-state index contributed by atoms with van der Waals surface area (Å²) in [5.74, 6) is 0.618. The van der Waals surface area contributed by atoms with Crippen molar-refractivity contribution in [3.05, 3.63) is 35.4 Å². The zero-order valence-corrected chi connectivity index (χ0v) is 14.4. The Morgan fingerprint density at radius 2 is 1.55 bits per heavy atom. The molecule has 1 aliphatic heterocycles. The van der Waals surface area contributed by atoms with Gasteiger partial charge in [0.25, 0.3) is 0 Å². The second kappa shape index (κ2) is 10.6. The molecule has 2 nitrogen and oxygen atoms in total. The largest absolute Gasteiger partial charge is 0.416 e. The van der Waals surface area contributed by atoms with Gasteiger partial charge in [0.2, 0.25) is 0 Å². The smallest absolute Gasteiger partial charge is 0.330 e. The molecule has 0 aromatic heterocycles. The van der Waals surface area contributed by atoms with Gasteiger partial charge in [0.05, 0.1) is 5.56 Å². The number of alkyl halides is 3. The van der Waals surface area contributed by atoms with Crippen LogP contribution in [0, 0.1) is 5.92 Å². The van der Waals surface area contributed by atoms with E-state index >= 15 is 0 Å². The Balaban J connectivity index is 0. The summed E-state index contributed by atoms with van der Waals surface area (Å²) < 4.78 is 37.6. The Hall–Kier alpha value is -0.200. The van der Waals surface area contributed by atoms with Gasteiger partial charge in [-0.05, 0) is 62.0 Å². The lowest BCUT2D eigenvalue weighted by Gasteiger charge is -2.30. The quantitative estimate of drug-likeness (QED) is 0.830. The van der Waals surface area contributed by atoms with Crippen molar-refractivity contribution in [2.75, 3.05) is 19.6 Å². The number of rotatable bonds is 3. The highest BCUT2D eigenvalue weighted by Gasteiger charge is 2.31. The van der Waals surface area contributed by atoms with Gasteiger partial charge in [0.1, 0.15) is 0 Å². The van der Waals surface area contributed by atoms with Crippen molar-refractivity contribution in [1.29, 1.82) is 0 Å². The first-order valence-electron chi connectivity index (χ1n) is 6.60. The lowest BCUT2D eigenvalue weighted by atomic mass is 9.80. The summed E-state index contributed by atoms with van der Waals surface area (Å²) in [4.78, 5) is 0. The topological polar surface area (TPSA) is 38.0 Å². The van der Waals surface area contributed by atoms with Gasteiger partial charge in [-0.2, -0.15) is 13.2 Å². The molecule has 0 bridgehead atoms. The molecule has 1 aliphatic rings. The fraction of sp³-hybridized carbons (Fsp3) is 0.571. The summed E-state index contributed by atoms with van der Waals surface area (Å²) in [6, 6.07) is 5.45. The molecule has 0 radical (unpaired) electrons. The van der Waals surface area contributed by atoms with Gasteiger partial charge in [-0.3, -0.25) is 0 Å². The van der Waals surface area contributed by atoms with Crippen LogP contribution in [-0.2, 0) is 6.18 Å². The fourth-order valence-corrected chi connectivity index (χ4v) is 2.77. The van der Waals surface area contributed by atoms with Crippen molar-refractivity contribution in [3.63, 3.8) is 0 Å². The van der Waals surface area contributed by atoms with E-state index in [4.69, 9.17) is 5.73 Å². The molecule has 1 aromatic rings. The molecule has 2 rings (SSSR count). The molecular formula is C14H22Cl3F3N2. The molecule has 22 heavy (non-hydrogen) atoms. The van der Waals surface area contributed by atoms with Crippen LogP contribution in [0.1, 0.15) is 29.9 Å². The van der Waals surface area contributed by atoms with E-state index in [1.165, 1.54) is 0 Å². The lowest BCUT2D eigenvalue weighted by Crippen LogP contribution is -2.33. The summed E-state index contributed by atoms with van der Waals surface area (Å²) in [6.45, 7) is 2.40. The number of nitrogens with one attached hydrogen (secondary N) is 1. The Morgan fingerprint density at radius 3 is 1.95 bits per heavy atom. The Morgan fingerprint density at radius 1 is 1.05 bits per heavy atom. The molecule has 8 heteroatoms. The predicted octanol–water partition coefficient (Wildman–Crippen LogP) is 4.01. The summed E-state index contributed by atoms with van der Waals surface area (Å²) in [5.41, 5.74) is 6.14. The number of hydrogen-bond acceptors (Lipinski definition) is 2.